The van der Waals surface area contributed by atoms with Gasteiger partial charge >= 0.3 is 0 Å². The molecule has 0 saturated heterocycles. The van der Waals surface area contributed by atoms with E-state index in [9.17, 15) is 0 Å². The van der Waals surface area contributed by atoms with Gasteiger partial charge in [0, 0.05) is 19.2 Å². The van der Waals surface area contributed by atoms with Gasteiger partial charge in [-0.05, 0) is 38.3 Å². The Balaban J connectivity index is 2.81. The highest BCUT2D eigenvalue weighted by molar-refractivity contribution is 5.41. The molecule has 1 aromatic carbocycles. The fourth-order valence-corrected chi connectivity index (χ4v) is 1.77. The van der Waals surface area contributed by atoms with Crippen LogP contribution in [0.5, 0.6) is 11.5 Å². The van der Waals surface area contributed by atoms with Gasteiger partial charge in [0.25, 0.3) is 0 Å². The summed E-state index contributed by atoms with van der Waals surface area (Å²) in [6.45, 7) is 7.27. The van der Waals surface area contributed by atoms with Gasteiger partial charge in [-0.1, -0.05) is 13.0 Å². The Hall–Kier alpha value is -1.26. The highest BCUT2D eigenvalue weighted by atomic mass is 16.5. The largest absolute Gasteiger partial charge is 0.493 e. The topological polar surface area (TPSA) is 53.7 Å². The van der Waals surface area contributed by atoms with Gasteiger partial charge in [-0.3, -0.25) is 0 Å². The first-order valence-corrected chi connectivity index (χ1v) is 7.23. The van der Waals surface area contributed by atoms with E-state index in [1.165, 1.54) is 0 Å². The van der Waals surface area contributed by atoms with Gasteiger partial charge in [-0.15, -0.1) is 0 Å². The van der Waals surface area contributed by atoms with Crippen LogP contribution in [0.15, 0.2) is 18.2 Å². The van der Waals surface area contributed by atoms with Gasteiger partial charge in [0.05, 0.1) is 12.7 Å². The van der Waals surface area contributed by atoms with Crippen LogP contribution in [0.1, 0.15) is 32.8 Å². The molecule has 2 atom stereocenters. The quantitative estimate of drug-likeness (QED) is 0.756. The minimum atomic E-state index is 0.0540. The molecule has 0 aromatic heterocycles. The maximum atomic E-state index is 5.88. The van der Waals surface area contributed by atoms with E-state index < -0.39 is 0 Å². The number of nitrogens with two attached hydrogens (primary N) is 1. The molecule has 4 heteroatoms. The summed E-state index contributed by atoms with van der Waals surface area (Å²) in [5.74, 6) is 1.67. The van der Waals surface area contributed by atoms with Crippen LogP contribution in [0.3, 0.4) is 0 Å². The van der Waals surface area contributed by atoms with Crippen LogP contribution in [-0.2, 0) is 11.2 Å². The van der Waals surface area contributed by atoms with Crippen molar-refractivity contribution in [3.05, 3.63) is 23.8 Å². The van der Waals surface area contributed by atoms with E-state index in [-0.39, 0.29) is 12.1 Å². The third-order valence-electron chi connectivity index (χ3n) is 2.93. The summed E-state index contributed by atoms with van der Waals surface area (Å²) in [5.41, 5.74) is 6.99. The zero-order valence-electron chi connectivity index (χ0n) is 13.0. The smallest absolute Gasteiger partial charge is 0.126 e. The molecule has 0 bridgehead atoms. The van der Waals surface area contributed by atoms with Gasteiger partial charge in [-0.25, -0.2) is 0 Å². The summed E-state index contributed by atoms with van der Waals surface area (Å²) in [6, 6.07) is 6.04. The van der Waals surface area contributed by atoms with E-state index >= 15 is 0 Å². The highest BCUT2D eigenvalue weighted by Crippen LogP contribution is 2.26. The summed E-state index contributed by atoms with van der Waals surface area (Å²) in [6.07, 6.45) is 1.82. The van der Waals surface area contributed by atoms with Gasteiger partial charge in [0.2, 0.25) is 0 Å². The second kappa shape index (κ2) is 8.82. The molecule has 4 nitrogen and oxygen atoms in total. The number of benzene rings is 1. The van der Waals surface area contributed by atoms with Crippen LogP contribution in [0, 0.1) is 0 Å². The Morgan fingerprint density at radius 3 is 2.55 bits per heavy atom. The molecule has 0 spiro atoms. The van der Waals surface area contributed by atoms with Gasteiger partial charge in [-0.2, -0.15) is 0 Å². The number of hydrogen-bond donors (Lipinski definition) is 1. The van der Waals surface area contributed by atoms with Crippen molar-refractivity contribution in [1.82, 2.24) is 0 Å². The van der Waals surface area contributed by atoms with Crippen molar-refractivity contribution in [1.29, 1.82) is 0 Å². The number of rotatable bonds is 9. The molecule has 1 aromatic rings. The molecule has 0 aliphatic heterocycles. The van der Waals surface area contributed by atoms with Crippen molar-refractivity contribution in [3.63, 3.8) is 0 Å². The Morgan fingerprint density at radius 2 is 1.95 bits per heavy atom. The zero-order valence-corrected chi connectivity index (χ0v) is 13.0. The lowest BCUT2D eigenvalue weighted by Gasteiger charge is -2.17. The minimum Gasteiger partial charge on any atom is -0.493 e. The Kier molecular flexibility index (Phi) is 7.41. The summed E-state index contributed by atoms with van der Waals surface area (Å²) >= 11 is 0. The molecule has 0 saturated carbocycles. The fraction of sp³-hybridized carbons (Fsp3) is 0.625. The monoisotopic (exact) mass is 281 g/mol. The van der Waals surface area contributed by atoms with Crippen LogP contribution in [0.25, 0.3) is 0 Å². The van der Waals surface area contributed by atoms with Crippen molar-refractivity contribution in [2.45, 2.75) is 45.8 Å². The van der Waals surface area contributed by atoms with Crippen molar-refractivity contribution in [2.75, 3.05) is 20.3 Å². The van der Waals surface area contributed by atoms with E-state index in [2.05, 4.69) is 6.92 Å². The van der Waals surface area contributed by atoms with Crippen LogP contribution < -0.4 is 15.2 Å². The second-order valence-corrected chi connectivity index (χ2v) is 5.16. The van der Waals surface area contributed by atoms with Crippen molar-refractivity contribution in [2.24, 2.45) is 5.73 Å². The molecule has 0 heterocycles. The number of hydrogen-bond acceptors (Lipinski definition) is 4. The van der Waals surface area contributed by atoms with Gasteiger partial charge in [0.15, 0.2) is 0 Å². The van der Waals surface area contributed by atoms with Crippen LogP contribution in [0.4, 0.5) is 0 Å². The molecule has 2 unspecified atom stereocenters. The predicted molar refractivity (Wildman–Crippen MR) is 81.5 cm³/mol. The van der Waals surface area contributed by atoms with E-state index in [1.54, 1.807) is 7.11 Å². The highest BCUT2D eigenvalue weighted by Gasteiger charge is 2.10. The summed E-state index contributed by atoms with van der Waals surface area (Å²) in [7, 11) is 1.68. The van der Waals surface area contributed by atoms with Gasteiger partial charge in [0.1, 0.15) is 18.1 Å². The standard InChI is InChI=1S/C16H27NO3/c1-5-8-19-15-7-6-14(9-12(2)17)16(10-15)20-11-13(3)18-4/h6-7,10,12-13H,5,8-9,11,17H2,1-4H3. The van der Waals surface area contributed by atoms with Crippen LogP contribution in [-0.4, -0.2) is 32.5 Å². The molecular weight excluding hydrogens is 254 g/mol. The first-order valence-electron chi connectivity index (χ1n) is 7.23. The van der Waals surface area contributed by atoms with E-state index in [1.807, 2.05) is 32.0 Å². The van der Waals surface area contributed by atoms with E-state index in [0.29, 0.717) is 13.2 Å². The molecular formula is C16H27NO3. The first kappa shape index (κ1) is 16.8. The van der Waals surface area contributed by atoms with Crippen LogP contribution in [0.2, 0.25) is 0 Å². The summed E-state index contributed by atoms with van der Waals surface area (Å²) in [4.78, 5) is 0. The summed E-state index contributed by atoms with van der Waals surface area (Å²) < 4.78 is 16.7. The zero-order chi connectivity index (χ0) is 15.0. The lowest BCUT2D eigenvalue weighted by atomic mass is 10.1. The predicted octanol–water partition coefficient (Wildman–Crippen LogP) is 2.78. The Bertz CT molecular complexity index is 393. The van der Waals surface area contributed by atoms with Gasteiger partial charge < -0.3 is 19.9 Å². The maximum absolute atomic E-state index is 5.88. The first-order chi connectivity index (χ1) is 9.56. The normalized spacial score (nSPS) is 13.8. The number of methoxy groups -OCH3 is 1. The molecule has 2 N–H and O–H groups in total. The Labute approximate surface area is 122 Å². The molecule has 0 aliphatic rings. The second-order valence-electron chi connectivity index (χ2n) is 5.16. The molecule has 0 radical (unpaired) electrons. The average molecular weight is 281 g/mol. The molecule has 0 fully saturated rings. The van der Waals surface area contributed by atoms with Crippen LogP contribution >= 0.6 is 0 Å². The molecule has 20 heavy (non-hydrogen) atoms. The molecule has 0 amide bonds. The molecule has 1 rings (SSSR count). The molecule has 0 aliphatic carbocycles. The SMILES string of the molecule is CCCOc1ccc(CC(C)N)c(OCC(C)OC)c1. The maximum Gasteiger partial charge on any atom is 0.126 e. The average Bonchev–Trinajstić information content (AvgIpc) is 2.43. The third kappa shape index (κ3) is 5.80. The van der Waals surface area contributed by atoms with E-state index in [0.717, 1.165) is 29.9 Å². The molecule has 114 valence electrons. The minimum absolute atomic E-state index is 0.0540. The lowest BCUT2D eigenvalue weighted by molar-refractivity contribution is 0.0711. The van der Waals surface area contributed by atoms with E-state index in [4.69, 9.17) is 19.9 Å². The van der Waals surface area contributed by atoms with Crippen molar-refractivity contribution in [3.8, 4) is 11.5 Å². The fourth-order valence-electron chi connectivity index (χ4n) is 1.77. The third-order valence-corrected chi connectivity index (χ3v) is 2.93. The lowest BCUT2D eigenvalue weighted by Crippen LogP contribution is -2.20. The Morgan fingerprint density at radius 1 is 1.20 bits per heavy atom. The van der Waals surface area contributed by atoms with Crippen molar-refractivity contribution >= 4 is 0 Å². The summed E-state index contributed by atoms with van der Waals surface area (Å²) in [5, 5.41) is 0. The number of ether oxygens (including phenoxy) is 3. The van der Waals surface area contributed by atoms with Crippen molar-refractivity contribution < 1.29 is 14.2 Å².